The van der Waals surface area contributed by atoms with Gasteiger partial charge in [0.2, 0.25) is 5.91 Å². The maximum Gasteiger partial charge on any atom is 0.235 e. The Kier molecular flexibility index (Phi) is 5.63. The number of hydrogen-bond acceptors (Lipinski definition) is 4. The molecule has 24 heavy (non-hydrogen) atoms. The van der Waals surface area contributed by atoms with Gasteiger partial charge in [0.15, 0.2) is 5.82 Å². The second-order valence-electron chi connectivity index (χ2n) is 5.28. The standard InChI is InChI=1S/C18H18N4OS/c23-18(14-24-13-16-6-9-19-10-7-16)20-17-8-11-22(21-17)12-15-4-2-1-3-5-15/h1-11H,12-14H2,(H,20,21,23). The van der Waals surface area contributed by atoms with Crippen molar-refractivity contribution in [1.29, 1.82) is 0 Å². The van der Waals surface area contributed by atoms with Gasteiger partial charge in [-0.05, 0) is 23.3 Å². The number of pyridine rings is 1. The molecule has 5 nitrogen and oxygen atoms in total. The molecule has 0 spiro atoms. The van der Waals surface area contributed by atoms with Crippen LogP contribution in [0.2, 0.25) is 0 Å². The van der Waals surface area contributed by atoms with Gasteiger partial charge in [0.1, 0.15) is 0 Å². The van der Waals surface area contributed by atoms with E-state index in [1.807, 2.05) is 47.3 Å². The number of benzene rings is 1. The van der Waals surface area contributed by atoms with E-state index < -0.39 is 0 Å². The van der Waals surface area contributed by atoms with E-state index in [0.717, 1.165) is 11.3 Å². The Morgan fingerprint density at radius 1 is 1.04 bits per heavy atom. The Bertz CT molecular complexity index is 774. The first-order chi connectivity index (χ1) is 11.8. The lowest BCUT2D eigenvalue weighted by molar-refractivity contribution is -0.113. The summed E-state index contributed by atoms with van der Waals surface area (Å²) in [6.07, 6.45) is 5.39. The van der Waals surface area contributed by atoms with Crippen LogP contribution in [-0.2, 0) is 17.1 Å². The van der Waals surface area contributed by atoms with E-state index in [1.165, 1.54) is 5.56 Å². The number of amides is 1. The van der Waals surface area contributed by atoms with Crippen molar-refractivity contribution in [2.75, 3.05) is 11.1 Å². The first kappa shape index (κ1) is 16.3. The number of anilines is 1. The SMILES string of the molecule is O=C(CSCc1ccncc1)Nc1ccn(Cc2ccccc2)n1. The highest BCUT2D eigenvalue weighted by molar-refractivity contribution is 7.99. The van der Waals surface area contributed by atoms with Crippen LogP contribution in [0, 0.1) is 0 Å². The molecule has 0 aliphatic carbocycles. The second-order valence-corrected chi connectivity index (χ2v) is 6.27. The number of carbonyl (C=O) groups is 1. The lowest BCUT2D eigenvalue weighted by atomic mass is 10.2. The summed E-state index contributed by atoms with van der Waals surface area (Å²) in [7, 11) is 0. The van der Waals surface area contributed by atoms with Gasteiger partial charge >= 0.3 is 0 Å². The van der Waals surface area contributed by atoms with Crippen molar-refractivity contribution in [3.63, 3.8) is 0 Å². The molecule has 2 heterocycles. The second kappa shape index (κ2) is 8.31. The number of thioether (sulfide) groups is 1. The molecule has 0 saturated heterocycles. The third-order valence-corrected chi connectivity index (χ3v) is 4.35. The molecule has 3 rings (SSSR count). The first-order valence-corrected chi connectivity index (χ1v) is 8.79. The van der Waals surface area contributed by atoms with Crippen molar-refractivity contribution >= 4 is 23.5 Å². The van der Waals surface area contributed by atoms with Gasteiger partial charge in [0, 0.05) is 30.4 Å². The summed E-state index contributed by atoms with van der Waals surface area (Å²) < 4.78 is 1.81. The molecule has 1 N–H and O–H groups in total. The Morgan fingerprint density at radius 2 is 1.83 bits per heavy atom. The highest BCUT2D eigenvalue weighted by Gasteiger charge is 2.06. The van der Waals surface area contributed by atoms with Gasteiger partial charge in [-0.2, -0.15) is 5.10 Å². The number of rotatable bonds is 7. The Morgan fingerprint density at radius 3 is 2.62 bits per heavy atom. The van der Waals surface area contributed by atoms with E-state index >= 15 is 0 Å². The van der Waals surface area contributed by atoms with E-state index in [2.05, 4.69) is 27.5 Å². The minimum Gasteiger partial charge on any atom is -0.308 e. The van der Waals surface area contributed by atoms with Gasteiger partial charge in [0.05, 0.1) is 12.3 Å². The van der Waals surface area contributed by atoms with Crippen LogP contribution in [0.4, 0.5) is 5.82 Å². The van der Waals surface area contributed by atoms with Gasteiger partial charge in [-0.15, -0.1) is 11.8 Å². The van der Waals surface area contributed by atoms with Crippen LogP contribution in [-0.4, -0.2) is 26.4 Å². The van der Waals surface area contributed by atoms with Gasteiger partial charge < -0.3 is 5.32 Å². The monoisotopic (exact) mass is 338 g/mol. The van der Waals surface area contributed by atoms with Gasteiger partial charge in [-0.3, -0.25) is 14.5 Å². The highest BCUT2D eigenvalue weighted by Crippen LogP contribution is 2.12. The van der Waals surface area contributed by atoms with Crippen LogP contribution in [0.25, 0.3) is 0 Å². The summed E-state index contributed by atoms with van der Waals surface area (Å²) in [5.74, 6) is 1.73. The van der Waals surface area contributed by atoms with E-state index in [0.29, 0.717) is 18.1 Å². The molecule has 0 aliphatic rings. The minimum atomic E-state index is -0.0426. The molecule has 1 amide bonds. The van der Waals surface area contributed by atoms with Crippen LogP contribution < -0.4 is 5.32 Å². The number of nitrogens with one attached hydrogen (secondary N) is 1. The summed E-state index contributed by atoms with van der Waals surface area (Å²) in [5, 5.41) is 7.21. The largest absolute Gasteiger partial charge is 0.308 e. The predicted molar refractivity (Wildman–Crippen MR) is 96.8 cm³/mol. The summed E-state index contributed by atoms with van der Waals surface area (Å²) in [6, 6.07) is 15.8. The predicted octanol–water partition coefficient (Wildman–Crippen LogP) is 3.20. The van der Waals surface area contributed by atoms with E-state index in [9.17, 15) is 4.79 Å². The number of nitrogens with zero attached hydrogens (tertiary/aromatic N) is 3. The van der Waals surface area contributed by atoms with E-state index in [1.54, 1.807) is 24.2 Å². The molecule has 1 aromatic carbocycles. The fourth-order valence-corrected chi connectivity index (χ4v) is 2.99. The normalized spacial score (nSPS) is 10.5. The number of aromatic nitrogens is 3. The lowest BCUT2D eigenvalue weighted by Crippen LogP contribution is -2.15. The molecule has 6 heteroatoms. The molecular weight excluding hydrogens is 320 g/mol. The molecular formula is C18H18N4OS. The molecule has 0 bridgehead atoms. The summed E-state index contributed by atoms with van der Waals surface area (Å²) in [4.78, 5) is 16.0. The zero-order valence-corrected chi connectivity index (χ0v) is 13.9. The molecule has 2 aromatic heterocycles. The molecule has 122 valence electrons. The van der Waals surface area contributed by atoms with Crippen molar-refractivity contribution < 1.29 is 4.79 Å². The van der Waals surface area contributed by atoms with E-state index in [-0.39, 0.29) is 5.91 Å². The van der Waals surface area contributed by atoms with Crippen molar-refractivity contribution in [3.8, 4) is 0 Å². The minimum absolute atomic E-state index is 0.0426. The molecule has 0 aliphatic heterocycles. The zero-order valence-electron chi connectivity index (χ0n) is 13.1. The Labute approximate surface area is 145 Å². The summed E-state index contributed by atoms with van der Waals surface area (Å²) in [5.41, 5.74) is 2.33. The molecule has 0 radical (unpaired) electrons. The average molecular weight is 338 g/mol. The Hall–Kier alpha value is -2.60. The van der Waals surface area contributed by atoms with Crippen LogP contribution in [0.1, 0.15) is 11.1 Å². The number of carbonyl (C=O) groups excluding carboxylic acids is 1. The van der Waals surface area contributed by atoms with Gasteiger partial charge in [-0.1, -0.05) is 30.3 Å². The third kappa shape index (κ3) is 4.96. The fourth-order valence-electron chi connectivity index (χ4n) is 2.21. The number of hydrogen-bond donors (Lipinski definition) is 1. The fraction of sp³-hybridized carbons (Fsp3) is 0.167. The van der Waals surface area contributed by atoms with Crippen molar-refractivity contribution in [1.82, 2.24) is 14.8 Å². The van der Waals surface area contributed by atoms with Gasteiger partial charge in [-0.25, -0.2) is 0 Å². The van der Waals surface area contributed by atoms with Crippen LogP contribution in [0.3, 0.4) is 0 Å². The highest BCUT2D eigenvalue weighted by atomic mass is 32.2. The van der Waals surface area contributed by atoms with Crippen LogP contribution in [0.15, 0.2) is 67.1 Å². The molecule has 3 aromatic rings. The zero-order chi connectivity index (χ0) is 16.6. The van der Waals surface area contributed by atoms with Crippen LogP contribution >= 0.6 is 11.8 Å². The van der Waals surface area contributed by atoms with Crippen molar-refractivity contribution in [2.24, 2.45) is 0 Å². The lowest BCUT2D eigenvalue weighted by Gasteiger charge is -2.03. The Balaban J connectivity index is 1.45. The summed E-state index contributed by atoms with van der Waals surface area (Å²) in [6.45, 7) is 0.688. The van der Waals surface area contributed by atoms with Crippen molar-refractivity contribution in [2.45, 2.75) is 12.3 Å². The molecule has 0 fully saturated rings. The van der Waals surface area contributed by atoms with Crippen molar-refractivity contribution in [3.05, 3.63) is 78.2 Å². The first-order valence-electron chi connectivity index (χ1n) is 7.63. The molecule has 0 atom stereocenters. The third-order valence-electron chi connectivity index (χ3n) is 3.35. The molecule has 0 saturated carbocycles. The maximum absolute atomic E-state index is 12.0. The molecule has 0 unspecified atom stereocenters. The topological polar surface area (TPSA) is 59.8 Å². The van der Waals surface area contributed by atoms with E-state index in [4.69, 9.17) is 0 Å². The van der Waals surface area contributed by atoms with Crippen LogP contribution in [0.5, 0.6) is 0 Å². The maximum atomic E-state index is 12.0. The smallest absolute Gasteiger partial charge is 0.235 e. The van der Waals surface area contributed by atoms with Gasteiger partial charge in [0.25, 0.3) is 0 Å². The summed E-state index contributed by atoms with van der Waals surface area (Å²) >= 11 is 1.57. The quantitative estimate of drug-likeness (QED) is 0.719. The average Bonchev–Trinajstić information content (AvgIpc) is 3.03.